The molecule has 164 valence electrons. The van der Waals surface area contributed by atoms with Crippen LogP contribution in [0.5, 0.6) is 5.75 Å². The van der Waals surface area contributed by atoms with Gasteiger partial charge in [0.1, 0.15) is 18.2 Å². The first kappa shape index (κ1) is 21.8. The Balaban J connectivity index is 1.21. The molecule has 0 bridgehead atoms. The van der Waals surface area contributed by atoms with Crippen molar-refractivity contribution in [1.29, 1.82) is 0 Å². The summed E-state index contributed by atoms with van der Waals surface area (Å²) in [6, 6.07) is 9.92. The molecule has 3 aromatic rings. The number of benzene rings is 2. The minimum Gasteiger partial charge on any atom is -0.495 e. The molecule has 0 spiro atoms. The molecule has 2 aromatic carbocycles. The largest absolute Gasteiger partial charge is 0.495 e. The van der Waals surface area contributed by atoms with E-state index in [4.69, 9.17) is 37.8 Å². The molecule has 1 saturated heterocycles. The Morgan fingerprint density at radius 2 is 2.10 bits per heavy atom. The SMILES string of the molecule is COc1ccc(NC(=S)OCCN2CCC(c3noc4cc(F)ccc34)CC2)cc1Cl. The van der Waals surface area contributed by atoms with Crippen molar-refractivity contribution in [2.75, 3.05) is 38.7 Å². The molecule has 1 fully saturated rings. The Kier molecular flexibility index (Phi) is 6.89. The monoisotopic (exact) mass is 463 g/mol. The number of halogens is 2. The summed E-state index contributed by atoms with van der Waals surface area (Å²) in [6.07, 6.45) is 1.93. The van der Waals surface area contributed by atoms with E-state index in [1.54, 1.807) is 25.3 Å². The predicted molar refractivity (Wildman–Crippen MR) is 123 cm³/mol. The highest BCUT2D eigenvalue weighted by atomic mass is 35.5. The molecule has 1 N–H and O–H groups in total. The lowest BCUT2D eigenvalue weighted by atomic mass is 9.91. The summed E-state index contributed by atoms with van der Waals surface area (Å²) < 4.78 is 29.5. The van der Waals surface area contributed by atoms with E-state index in [-0.39, 0.29) is 5.82 Å². The van der Waals surface area contributed by atoms with Crippen LogP contribution >= 0.6 is 23.8 Å². The van der Waals surface area contributed by atoms with Crippen LogP contribution in [0.3, 0.4) is 0 Å². The number of anilines is 1. The Labute approximate surface area is 190 Å². The number of rotatable bonds is 6. The van der Waals surface area contributed by atoms with Crippen molar-refractivity contribution in [3.63, 3.8) is 0 Å². The van der Waals surface area contributed by atoms with Gasteiger partial charge in [0.25, 0.3) is 5.17 Å². The summed E-state index contributed by atoms with van der Waals surface area (Å²) >= 11 is 11.4. The summed E-state index contributed by atoms with van der Waals surface area (Å²) in [6.45, 7) is 3.13. The second-order valence-electron chi connectivity index (χ2n) is 7.43. The van der Waals surface area contributed by atoms with E-state index in [9.17, 15) is 4.39 Å². The highest BCUT2D eigenvalue weighted by molar-refractivity contribution is 7.80. The smallest absolute Gasteiger partial charge is 0.261 e. The van der Waals surface area contributed by atoms with Crippen LogP contribution < -0.4 is 10.1 Å². The van der Waals surface area contributed by atoms with E-state index < -0.39 is 0 Å². The van der Waals surface area contributed by atoms with Gasteiger partial charge in [0.05, 0.1) is 17.8 Å². The van der Waals surface area contributed by atoms with Crippen molar-refractivity contribution in [2.24, 2.45) is 0 Å². The lowest BCUT2D eigenvalue weighted by molar-refractivity contribution is 0.169. The standard InChI is InChI=1S/C22H23ClFN3O3S/c1-28-19-5-3-16(13-18(19)23)25-22(31)29-11-10-27-8-6-14(7-9-27)21-17-4-2-15(24)12-20(17)30-26-21/h2-5,12-14H,6-11H2,1H3,(H,25,31). The fourth-order valence-electron chi connectivity index (χ4n) is 3.82. The number of aromatic nitrogens is 1. The highest BCUT2D eigenvalue weighted by Crippen LogP contribution is 2.32. The number of piperidine rings is 1. The van der Waals surface area contributed by atoms with Crippen LogP contribution in [-0.4, -0.2) is 48.6 Å². The number of nitrogens with zero attached hydrogens (tertiary/aromatic N) is 2. The van der Waals surface area contributed by atoms with E-state index in [2.05, 4.69) is 15.4 Å². The average Bonchev–Trinajstić information content (AvgIpc) is 3.17. The van der Waals surface area contributed by atoms with Crippen molar-refractivity contribution in [1.82, 2.24) is 10.1 Å². The number of hydrogen-bond donors (Lipinski definition) is 1. The fraction of sp³-hybridized carbons (Fsp3) is 0.364. The first-order chi connectivity index (χ1) is 15.0. The molecule has 0 aliphatic carbocycles. The van der Waals surface area contributed by atoms with Crippen molar-refractivity contribution < 1.29 is 18.4 Å². The van der Waals surface area contributed by atoms with Gasteiger partial charge in [-0.1, -0.05) is 16.8 Å². The van der Waals surface area contributed by atoms with Gasteiger partial charge in [0.15, 0.2) is 5.58 Å². The van der Waals surface area contributed by atoms with Crippen LogP contribution in [-0.2, 0) is 4.74 Å². The molecule has 0 unspecified atom stereocenters. The van der Waals surface area contributed by atoms with Gasteiger partial charge >= 0.3 is 0 Å². The third-order valence-electron chi connectivity index (χ3n) is 5.48. The summed E-state index contributed by atoms with van der Waals surface area (Å²) in [5.74, 6) is 0.604. The summed E-state index contributed by atoms with van der Waals surface area (Å²) in [5.41, 5.74) is 2.18. The zero-order valence-corrected chi connectivity index (χ0v) is 18.6. The van der Waals surface area contributed by atoms with Crippen LogP contribution in [0.1, 0.15) is 24.5 Å². The van der Waals surface area contributed by atoms with Crippen molar-refractivity contribution in [2.45, 2.75) is 18.8 Å². The zero-order chi connectivity index (χ0) is 21.8. The lowest BCUT2D eigenvalue weighted by Crippen LogP contribution is -2.36. The van der Waals surface area contributed by atoms with E-state index in [0.717, 1.165) is 49.2 Å². The van der Waals surface area contributed by atoms with Gasteiger partial charge in [-0.3, -0.25) is 4.90 Å². The summed E-state index contributed by atoms with van der Waals surface area (Å²) in [7, 11) is 1.57. The molecule has 0 saturated carbocycles. The van der Waals surface area contributed by atoms with Crippen LogP contribution in [0.2, 0.25) is 5.02 Å². The third kappa shape index (κ3) is 5.26. The second kappa shape index (κ2) is 9.80. The van der Waals surface area contributed by atoms with Gasteiger partial charge in [-0.15, -0.1) is 0 Å². The summed E-state index contributed by atoms with van der Waals surface area (Å²) in [5, 5.41) is 8.93. The Bertz CT molecular complexity index is 1070. The molecule has 1 aliphatic rings. The average molecular weight is 464 g/mol. The topological polar surface area (TPSA) is 59.8 Å². The number of thiocarbonyl (C=S) groups is 1. The van der Waals surface area contributed by atoms with Gasteiger partial charge in [0.2, 0.25) is 0 Å². The Morgan fingerprint density at radius 3 is 2.84 bits per heavy atom. The van der Waals surface area contributed by atoms with Gasteiger partial charge in [-0.25, -0.2) is 4.39 Å². The van der Waals surface area contributed by atoms with Crippen LogP contribution in [0.15, 0.2) is 40.9 Å². The molecule has 0 atom stereocenters. The number of hydrogen-bond acceptors (Lipinski definition) is 6. The first-order valence-corrected chi connectivity index (χ1v) is 10.9. The van der Waals surface area contributed by atoms with Crippen molar-refractivity contribution in [3.05, 3.63) is 52.9 Å². The number of fused-ring (bicyclic) bond motifs is 1. The molecule has 4 rings (SSSR count). The Hall–Kier alpha value is -2.42. The molecular weight excluding hydrogens is 441 g/mol. The number of nitrogens with one attached hydrogen (secondary N) is 1. The normalized spacial score (nSPS) is 15.2. The lowest BCUT2D eigenvalue weighted by Gasteiger charge is -2.31. The van der Waals surface area contributed by atoms with Crippen LogP contribution in [0.25, 0.3) is 11.0 Å². The Morgan fingerprint density at radius 1 is 1.29 bits per heavy atom. The van der Waals surface area contributed by atoms with E-state index >= 15 is 0 Å². The quantitative estimate of drug-likeness (QED) is 0.503. The molecule has 1 aromatic heterocycles. The van der Waals surface area contributed by atoms with Gasteiger partial charge in [-0.05, 0) is 68.5 Å². The minimum absolute atomic E-state index is 0.303. The van der Waals surface area contributed by atoms with Crippen LogP contribution in [0.4, 0.5) is 10.1 Å². The maximum Gasteiger partial charge on any atom is 0.261 e. The molecule has 2 heterocycles. The van der Waals surface area contributed by atoms with E-state index in [0.29, 0.717) is 34.1 Å². The van der Waals surface area contributed by atoms with Gasteiger partial charge < -0.3 is 19.3 Å². The van der Waals surface area contributed by atoms with E-state index in [1.807, 2.05) is 6.07 Å². The third-order valence-corrected chi connectivity index (χ3v) is 5.99. The second-order valence-corrected chi connectivity index (χ2v) is 8.21. The molecule has 0 amide bonds. The van der Waals surface area contributed by atoms with Gasteiger partial charge in [-0.2, -0.15) is 0 Å². The molecule has 1 aliphatic heterocycles. The molecular formula is C22H23ClFN3O3S. The maximum absolute atomic E-state index is 13.4. The zero-order valence-electron chi connectivity index (χ0n) is 17.1. The van der Waals surface area contributed by atoms with Crippen LogP contribution in [0, 0.1) is 5.82 Å². The molecule has 9 heteroatoms. The summed E-state index contributed by atoms with van der Waals surface area (Å²) in [4.78, 5) is 2.34. The minimum atomic E-state index is -0.312. The van der Waals surface area contributed by atoms with Gasteiger partial charge in [0, 0.05) is 29.6 Å². The molecule has 0 radical (unpaired) electrons. The predicted octanol–water partition coefficient (Wildman–Crippen LogP) is 5.22. The molecule has 6 nitrogen and oxygen atoms in total. The van der Waals surface area contributed by atoms with Crippen molar-refractivity contribution in [3.8, 4) is 5.75 Å². The fourth-order valence-corrected chi connectivity index (χ4v) is 4.28. The number of methoxy groups -OCH3 is 1. The molecule has 31 heavy (non-hydrogen) atoms. The highest BCUT2D eigenvalue weighted by Gasteiger charge is 2.25. The van der Waals surface area contributed by atoms with Crippen molar-refractivity contribution >= 4 is 45.7 Å². The van der Waals surface area contributed by atoms with E-state index in [1.165, 1.54) is 12.1 Å². The number of likely N-dealkylation sites (tertiary alicyclic amines) is 1. The maximum atomic E-state index is 13.4. The number of ether oxygens (including phenoxy) is 2. The first-order valence-electron chi connectivity index (χ1n) is 10.1.